The van der Waals surface area contributed by atoms with Gasteiger partial charge < -0.3 is 10.1 Å². The van der Waals surface area contributed by atoms with Crippen LogP contribution in [0.25, 0.3) is 0 Å². The molecular weight excluding hydrogens is 392 g/mol. The molecule has 3 aromatic rings. The molecule has 31 heavy (non-hydrogen) atoms. The number of benzene rings is 3. The number of hydrogen-bond donors (Lipinski definition) is 1. The van der Waals surface area contributed by atoms with Gasteiger partial charge in [0.25, 0.3) is 11.6 Å². The van der Waals surface area contributed by atoms with Crippen molar-refractivity contribution in [2.24, 2.45) is 0 Å². The number of carbonyl (C=O) groups excluding carboxylic acids is 1. The second-order valence-corrected chi connectivity index (χ2v) is 8.02. The molecule has 6 heteroatoms. The first-order valence-electron chi connectivity index (χ1n) is 10.1. The minimum absolute atomic E-state index is 0.0389. The van der Waals surface area contributed by atoms with Crippen molar-refractivity contribution < 1.29 is 14.5 Å². The van der Waals surface area contributed by atoms with Crippen molar-refractivity contribution in [2.75, 3.05) is 5.32 Å². The number of hydrogen-bond acceptors (Lipinski definition) is 4. The van der Waals surface area contributed by atoms with Crippen molar-refractivity contribution >= 4 is 17.3 Å². The number of nitrogens with zero attached hydrogens (tertiary/aromatic N) is 1. The number of nitrogens with one attached hydrogen (secondary N) is 1. The van der Waals surface area contributed by atoms with Crippen molar-refractivity contribution in [1.82, 2.24) is 0 Å². The normalized spacial score (nSPS) is 12.1. The summed E-state index contributed by atoms with van der Waals surface area (Å²) >= 11 is 0. The minimum atomic E-state index is -0.770. The van der Waals surface area contributed by atoms with Gasteiger partial charge in [-0.15, -0.1) is 0 Å². The van der Waals surface area contributed by atoms with E-state index in [0.717, 1.165) is 5.56 Å². The van der Waals surface area contributed by atoms with Crippen molar-refractivity contribution in [3.63, 3.8) is 0 Å². The lowest BCUT2D eigenvalue weighted by atomic mass is 9.78. The molecular formula is C25H26N2O4. The fraction of sp³-hybridized carbons (Fsp3) is 0.240. The second-order valence-electron chi connectivity index (χ2n) is 8.02. The third kappa shape index (κ3) is 5.09. The molecule has 0 fully saturated rings. The molecule has 0 saturated heterocycles. The van der Waals surface area contributed by atoms with E-state index in [4.69, 9.17) is 4.74 Å². The van der Waals surface area contributed by atoms with Crippen LogP contribution in [-0.2, 0) is 10.2 Å². The monoisotopic (exact) mass is 418 g/mol. The number of amides is 1. The maximum Gasteiger partial charge on any atom is 0.274 e. The van der Waals surface area contributed by atoms with Crippen molar-refractivity contribution in [3.8, 4) is 5.75 Å². The fourth-order valence-electron chi connectivity index (χ4n) is 3.36. The zero-order valence-corrected chi connectivity index (χ0v) is 18.1. The average Bonchev–Trinajstić information content (AvgIpc) is 2.75. The van der Waals surface area contributed by atoms with E-state index in [1.807, 2.05) is 42.5 Å². The predicted octanol–water partition coefficient (Wildman–Crippen LogP) is 5.64. The lowest BCUT2D eigenvalue weighted by molar-refractivity contribution is -0.385. The molecule has 6 nitrogen and oxygen atoms in total. The highest BCUT2D eigenvalue weighted by Gasteiger charge is 2.23. The van der Waals surface area contributed by atoms with Crippen molar-refractivity contribution in [2.45, 2.75) is 39.2 Å². The second kappa shape index (κ2) is 9.00. The minimum Gasteiger partial charge on any atom is -0.481 e. The van der Waals surface area contributed by atoms with E-state index in [1.165, 1.54) is 11.6 Å². The van der Waals surface area contributed by atoms with Crippen LogP contribution in [-0.4, -0.2) is 16.9 Å². The number of carbonyl (C=O) groups is 1. The lowest BCUT2D eigenvalue weighted by Crippen LogP contribution is -2.30. The highest BCUT2D eigenvalue weighted by atomic mass is 16.6. The van der Waals surface area contributed by atoms with Crippen LogP contribution in [0.1, 0.15) is 37.5 Å². The highest BCUT2D eigenvalue weighted by Crippen LogP contribution is 2.32. The Hall–Kier alpha value is -3.67. The first kappa shape index (κ1) is 22.0. The maximum atomic E-state index is 12.5. The van der Waals surface area contributed by atoms with Crippen LogP contribution in [0.5, 0.6) is 5.75 Å². The molecule has 0 saturated carbocycles. The van der Waals surface area contributed by atoms with Gasteiger partial charge >= 0.3 is 0 Å². The Bertz CT molecular complexity index is 1080. The molecule has 0 aliphatic rings. The lowest BCUT2D eigenvalue weighted by Gasteiger charge is -2.26. The van der Waals surface area contributed by atoms with Gasteiger partial charge in [0.05, 0.1) is 4.92 Å². The summed E-state index contributed by atoms with van der Waals surface area (Å²) in [5, 5.41) is 13.8. The van der Waals surface area contributed by atoms with Gasteiger partial charge in [-0.2, -0.15) is 0 Å². The summed E-state index contributed by atoms with van der Waals surface area (Å²) in [6, 6.07) is 22.5. The van der Waals surface area contributed by atoms with Crippen molar-refractivity contribution in [3.05, 3.63) is 99.6 Å². The zero-order chi connectivity index (χ0) is 22.6. The number of nitro groups is 1. The molecule has 1 amide bonds. The standard InChI is InChI=1S/C25H26N2O4/c1-17-10-13-21(16-23(17)27(29)30)26-24(28)18(2)31-22-14-11-20(12-15-22)25(3,4)19-8-6-5-7-9-19/h5-16,18H,1-4H3,(H,26,28). The van der Waals surface area contributed by atoms with Gasteiger partial charge in [0, 0.05) is 22.7 Å². The van der Waals surface area contributed by atoms with Crippen LogP contribution in [0.2, 0.25) is 0 Å². The van der Waals surface area contributed by atoms with Crippen LogP contribution < -0.4 is 10.1 Å². The molecule has 3 rings (SSSR count). The van der Waals surface area contributed by atoms with Crippen LogP contribution in [0.4, 0.5) is 11.4 Å². The van der Waals surface area contributed by atoms with E-state index >= 15 is 0 Å². The van der Waals surface area contributed by atoms with Gasteiger partial charge in [-0.3, -0.25) is 14.9 Å². The molecule has 0 bridgehead atoms. The number of ether oxygens (including phenoxy) is 1. The number of nitro benzene ring substituents is 1. The van der Waals surface area contributed by atoms with E-state index in [9.17, 15) is 14.9 Å². The summed E-state index contributed by atoms with van der Waals surface area (Å²) in [5.41, 5.74) is 3.04. The van der Waals surface area contributed by atoms with Crippen LogP contribution in [0.3, 0.4) is 0 Å². The SMILES string of the molecule is Cc1ccc(NC(=O)C(C)Oc2ccc(C(C)(C)c3ccccc3)cc2)cc1[N+](=O)[O-]. The molecule has 0 heterocycles. The summed E-state index contributed by atoms with van der Waals surface area (Å²) in [4.78, 5) is 23.1. The molecule has 0 aliphatic heterocycles. The van der Waals surface area contributed by atoms with E-state index in [0.29, 0.717) is 17.0 Å². The molecule has 0 radical (unpaired) electrons. The van der Waals surface area contributed by atoms with Gasteiger partial charge in [0.15, 0.2) is 6.10 Å². The van der Waals surface area contributed by atoms with Gasteiger partial charge in [-0.25, -0.2) is 0 Å². The Labute approximate surface area is 182 Å². The predicted molar refractivity (Wildman–Crippen MR) is 122 cm³/mol. The van der Waals surface area contributed by atoms with Gasteiger partial charge in [-0.1, -0.05) is 62.4 Å². The third-order valence-corrected chi connectivity index (χ3v) is 5.43. The topological polar surface area (TPSA) is 81.5 Å². The third-order valence-electron chi connectivity index (χ3n) is 5.43. The van der Waals surface area contributed by atoms with E-state index in [2.05, 4.69) is 31.3 Å². The summed E-state index contributed by atoms with van der Waals surface area (Å²) in [6.07, 6.45) is -0.770. The number of aryl methyl sites for hydroxylation is 1. The van der Waals surface area contributed by atoms with Crippen LogP contribution in [0.15, 0.2) is 72.8 Å². The van der Waals surface area contributed by atoms with Crippen LogP contribution in [0, 0.1) is 17.0 Å². The summed E-state index contributed by atoms with van der Waals surface area (Å²) < 4.78 is 5.78. The molecule has 1 N–H and O–H groups in total. The quantitative estimate of drug-likeness (QED) is 0.398. The van der Waals surface area contributed by atoms with Crippen molar-refractivity contribution in [1.29, 1.82) is 0 Å². The molecule has 3 aromatic carbocycles. The first-order valence-corrected chi connectivity index (χ1v) is 10.1. The summed E-state index contributed by atoms with van der Waals surface area (Å²) in [5.74, 6) is 0.192. The van der Waals surface area contributed by atoms with Gasteiger partial charge in [-0.05, 0) is 43.2 Å². The summed E-state index contributed by atoms with van der Waals surface area (Å²) in [7, 11) is 0. The maximum absolute atomic E-state index is 12.5. The highest BCUT2D eigenvalue weighted by molar-refractivity contribution is 5.94. The van der Waals surface area contributed by atoms with E-state index in [-0.39, 0.29) is 17.0 Å². The Balaban J connectivity index is 1.67. The van der Waals surface area contributed by atoms with E-state index in [1.54, 1.807) is 26.0 Å². The van der Waals surface area contributed by atoms with Crippen LogP contribution >= 0.6 is 0 Å². The first-order chi connectivity index (χ1) is 14.7. The smallest absolute Gasteiger partial charge is 0.274 e. The number of rotatable bonds is 7. The van der Waals surface area contributed by atoms with Gasteiger partial charge in [0.2, 0.25) is 0 Å². The molecule has 0 aromatic heterocycles. The largest absolute Gasteiger partial charge is 0.481 e. The molecule has 160 valence electrons. The van der Waals surface area contributed by atoms with Gasteiger partial charge in [0.1, 0.15) is 5.75 Å². The number of anilines is 1. The molecule has 0 aliphatic carbocycles. The molecule has 0 spiro atoms. The zero-order valence-electron chi connectivity index (χ0n) is 18.1. The summed E-state index contributed by atoms with van der Waals surface area (Å²) in [6.45, 7) is 7.61. The molecule has 1 unspecified atom stereocenters. The average molecular weight is 418 g/mol. The Morgan fingerprint density at radius 3 is 2.23 bits per heavy atom. The molecule has 1 atom stereocenters. The fourth-order valence-corrected chi connectivity index (χ4v) is 3.36. The Kier molecular flexibility index (Phi) is 6.39. The Morgan fingerprint density at radius 2 is 1.61 bits per heavy atom. The Morgan fingerprint density at radius 1 is 1.00 bits per heavy atom. The van der Waals surface area contributed by atoms with E-state index < -0.39 is 11.0 Å².